The van der Waals surface area contributed by atoms with E-state index < -0.39 is 0 Å². The van der Waals surface area contributed by atoms with Crippen LogP contribution in [0.5, 0.6) is 0 Å². The minimum Gasteiger partial charge on any atom is -0.369 e. The predicted molar refractivity (Wildman–Crippen MR) is 68.0 cm³/mol. The highest BCUT2D eigenvalue weighted by Gasteiger charge is 2.15. The molecule has 6 heteroatoms. The Kier molecular flexibility index (Phi) is 2.36. The summed E-state index contributed by atoms with van der Waals surface area (Å²) in [5, 5.41) is 0. The van der Waals surface area contributed by atoms with Crippen LogP contribution >= 0.6 is 0 Å². The molecule has 17 heavy (non-hydrogen) atoms. The van der Waals surface area contributed by atoms with E-state index in [1.165, 1.54) is 0 Å². The monoisotopic (exact) mass is 232 g/mol. The first kappa shape index (κ1) is 10.3. The summed E-state index contributed by atoms with van der Waals surface area (Å²) >= 11 is 0. The third-order valence-corrected chi connectivity index (χ3v) is 3.18. The smallest absolute Gasteiger partial charge is 0.200 e. The highest BCUT2D eigenvalue weighted by molar-refractivity contribution is 5.75. The van der Waals surface area contributed by atoms with Gasteiger partial charge in [-0.25, -0.2) is 4.98 Å². The number of imidazole rings is 1. The number of nitrogen functional groups attached to an aromatic ring is 1. The van der Waals surface area contributed by atoms with E-state index in [4.69, 9.17) is 5.73 Å². The van der Waals surface area contributed by atoms with Gasteiger partial charge >= 0.3 is 0 Å². The van der Waals surface area contributed by atoms with Gasteiger partial charge in [0.15, 0.2) is 11.6 Å². The summed E-state index contributed by atoms with van der Waals surface area (Å²) in [4.78, 5) is 16.3. The molecule has 0 atom stereocenters. The van der Waals surface area contributed by atoms with Gasteiger partial charge in [-0.3, -0.25) is 0 Å². The highest BCUT2D eigenvalue weighted by Crippen LogP contribution is 2.18. The number of aromatic amines is 1. The summed E-state index contributed by atoms with van der Waals surface area (Å²) < 4.78 is 0. The third-order valence-electron chi connectivity index (χ3n) is 3.18. The molecular weight excluding hydrogens is 216 g/mol. The lowest BCUT2D eigenvalue weighted by atomic mass is 10.3. The lowest BCUT2D eigenvalue weighted by Crippen LogP contribution is -2.44. The summed E-state index contributed by atoms with van der Waals surface area (Å²) in [6.07, 6.45) is 0. The van der Waals surface area contributed by atoms with Crippen molar-refractivity contribution < 1.29 is 0 Å². The number of piperazine rings is 1. The summed E-state index contributed by atoms with van der Waals surface area (Å²) in [6, 6.07) is 4.00. The van der Waals surface area contributed by atoms with Crippen LogP contribution in [0, 0.1) is 0 Å². The second-order valence-electron chi connectivity index (χ2n) is 4.45. The largest absolute Gasteiger partial charge is 0.369 e. The van der Waals surface area contributed by atoms with Crippen LogP contribution in [0.3, 0.4) is 0 Å². The van der Waals surface area contributed by atoms with Crippen LogP contribution in [0.4, 0.5) is 11.8 Å². The van der Waals surface area contributed by atoms with Gasteiger partial charge in [0.2, 0.25) is 0 Å². The van der Waals surface area contributed by atoms with Crippen LogP contribution in [0.1, 0.15) is 0 Å². The molecular formula is C11H16N6. The maximum Gasteiger partial charge on any atom is 0.200 e. The molecule has 2 aromatic heterocycles. The molecule has 0 amide bonds. The first-order chi connectivity index (χ1) is 8.22. The maximum absolute atomic E-state index is 5.61. The second-order valence-corrected chi connectivity index (χ2v) is 4.45. The molecule has 3 N–H and O–H groups in total. The first-order valence-electron chi connectivity index (χ1n) is 5.78. The van der Waals surface area contributed by atoms with Gasteiger partial charge in [0.05, 0.1) is 5.52 Å². The molecule has 6 nitrogen and oxygen atoms in total. The lowest BCUT2D eigenvalue weighted by Gasteiger charge is -2.33. The summed E-state index contributed by atoms with van der Waals surface area (Å²) in [5.41, 5.74) is 7.19. The van der Waals surface area contributed by atoms with Crippen molar-refractivity contribution in [1.82, 2.24) is 19.9 Å². The standard InChI is InChI=1S/C11H16N6/c1-16-4-6-17(7-5-16)9-3-2-8-10(14-9)15-11(12)13-8/h2-3H,4-7H2,1H3,(H3,12,13,14,15). The quantitative estimate of drug-likeness (QED) is 0.739. The number of likely N-dealkylation sites (N-methyl/N-ethyl adjacent to an activating group) is 1. The molecule has 1 aliphatic rings. The Hall–Kier alpha value is -1.82. The molecule has 0 spiro atoms. The minimum atomic E-state index is 0.419. The zero-order valence-corrected chi connectivity index (χ0v) is 9.85. The molecule has 1 saturated heterocycles. The van der Waals surface area contributed by atoms with Crippen molar-refractivity contribution in [3.05, 3.63) is 12.1 Å². The Labute approximate surface area is 99.4 Å². The van der Waals surface area contributed by atoms with Crippen molar-refractivity contribution in [1.29, 1.82) is 0 Å². The number of hydrogen-bond donors (Lipinski definition) is 2. The maximum atomic E-state index is 5.61. The van der Waals surface area contributed by atoms with Crippen molar-refractivity contribution in [3.8, 4) is 0 Å². The number of nitrogens with zero attached hydrogens (tertiary/aromatic N) is 4. The van der Waals surface area contributed by atoms with Crippen molar-refractivity contribution in [2.24, 2.45) is 0 Å². The average molecular weight is 232 g/mol. The molecule has 0 unspecified atom stereocenters. The lowest BCUT2D eigenvalue weighted by molar-refractivity contribution is 0.312. The summed E-state index contributed by atoms with van der Waals surface area (Å²) in [6.45, 7) is 4.16. The van der Waals surface area contributed by atoms with Gasteiger partial charge in [0.1, 0.15) is 5.82 Å². The molecule has 2 aromatic rings. The molecule has 0 saturated carbocycles. The molecule has 1 fully saturated rings. The van der Waals surface area contributed by atoms with Crippen LogP contribution in [-0.2, 0) is 0 Å². The van der Waals surface area contributed by atoms with Crippen LogP contribution in [0.15, 0.2) is 12.1 Å². The number of nitrogens with one attached hydrogen (secondary N) is 1. The predicted octanol–water partition coefficient (Wildman–Crippen LogP) is 0.292. The van der Waals surface area contributed by atoms with E-state index >= 15 is 0 Å². The van der Waals surface area contributed by atoms with E-state index in [0.29, 0.717) is 11.6 Å². The Bertz CT molecular complexity index is 526. The minimum absolute atomic E-state index is 0.419. The van der Waals surface area contributed by atoms with Crippen LogP contribution in [0.2, 0.25) is 0 Å². The fraction of sp³-hybridized carbons (Fsp3) is 0.455. The van der Waals surface area contributed by atoms with Gasteiger partial charge in [-0.05, 0) is 19.2 Å². The number of pyridine rings is 1. The van der Waals surface area contributed by atoms with Crippen LogP contribution < -0.4 is 10.6 Å². The fourth-order valence-corrected chi connectivity index (χ4v) is 2.11. The summed E-state index contributed by atoms with van der Waals surface area (Å²) in [7, 11) is 2.14. The average Bonchev–Trinajstić information content (AvgIpc) is 2.69. The Balaban J connectivity index is 1.89. The fourth-order valence-electron chi connectivity index (χ4n) is 2.11. The van der Waals surface area contributed by atoms with E-state index in [9.17, 15) is 0 Å². The second kappa shape index (κ2) is 3.89. The van der Waals surface area contributed by atoms with Crippen molar-refractivity contribution >= 4 is 22.9 Å². The van der Waals surface area contributed by atoms with E-state index in [1.807, 2.05) is 12.1 Å². The van der Waals surface area contributed by atoms with Gasteiger partial charge in [-0.1, -0.05) is 0 Å². The van der Waals surface area contributed by atoms with Gasteiger partial charge in [0.25, 0.3) is 0 Å². The molecule has 0 bridgehead atoms. The molecule has 3 rings (SSSR count). The number of aromatic nitrogens is 3. The number of rotatable bonds is 1. The zero-order chi connectivity index (χ0) is 11.8. The van der Waals surface area contributed by atoms with Gasteiger partial charge in [0, 0.05) is 26.2 Å². The highest BCUT2D eigenvalue weighted by atomic mass is 15.3. The van der Waals surface area contributed by atoms with Crippen molar-refractivity contribution in [3.63, 3.8) is 0 Å². The molecule has 0 aromatic carbocycles. The number of fused-ring (bicyclic) bond motifs is 1. The molecule has 3 heterocycles. The van der Waals surface area contributed by atoms with Crippen molar-refractivity contribution in [2.45, 2.75) is 0 Å². The Morgan fingerprint density at radius 3 is 2.71 bits per heavy atom. The van der Waals surface area contributed by atoms with E-state index in [2.05, 4.69) is 31.8 Å². The van der Waals surface area contributed by atoms with Gasteiger partial charge in [-0.2, -0.15) is 4.98 Å². The van der Waals surface area contributed by atoms with E-state index in [-0.39, 0.29) is 0 Å². The molecule has 1 aliphatic heterocycles. The van der Waals surface area contributed by atoms with E-state index in [0.717, 1.165) is 37.5 Å². The molecule has 0 radical (unpaired) electrons. The summed E-state index contributed by atoms with van der Waals surface area (Å²) in [5.74, 6) is 1.40. The molecule has 90 valence electrons. The number of hydrogen-bond acceptors (Lipinski definition) is 5. The van der Waals surface area contributed by atoms with Crippen molar-refractivity contribution in [2.75, 3.05) is 43.9 Å². The number of nitrogens with two attached hydrogens (primary N) is 1. The number of anilines is 2. The van der Waals surface area contributed by atoms with Gasteiger partial charge < -0.3 is 20.5 Å². The topological polar surface area (TPSA) is 74.1 Å². The first-order valence-corrected chi connectivity index (χ1v) is 5.78. The third kappa shape index (κ3) is 1.91. The zero-order valence-electron chi connectivity index (χ0n) is 9.85. The Morgan fingerprint density at radius 2 is 1.94 bits per heavy atom. The SMILES string of the molecule is CN1CCN(c2ccc3[nH]c(N)nc3n2)CC1. The normalized spacial score (nSPS) is 17.8. The van der Waals surface area contributed by atoms with Crippen LogP contribution in [-0.4, -0.2) is 53.1 Å². The van der Waals surface area contributed by atoms with Gasteiger partial charge in [-0.15, -0.1) is 0 Å². The van der Waals surface area contributed by atoms with E-state index in [1.54, 1.807) is 0 Å². The number of H-pyrrole nitrogens is 1. The Morgan fingerprint density at radius 1 is 1.18 bits per heavy atom. The molecule has 0 aliphatic carbocycles. The van der Waals surface area contributed by atoms with Crippen LogP contribution in [0.25, 0.3) is 11.2 Å².